The fourth-order valence-corrected chi connectivity index (χ4v) is 5.56. The Labute approximate surface area is 213 Å². The maximum Gasteiger partial charge on any atom is 0.273 e. The van der Waals surface area contributed by atoms with Gasteiger partial charge in [0.05, 0.1) is 18.3 Å². The molecular formula is C29H27F2N5O. The van der Waals surface area contributed by atoms with Crippen LogP contribution in [0.25, 0.3) is 16.9 Å². The average molecular weight is 500 g/mol. The summed E-state index contributed by atoms with van der Waals surface area (Å²) in [5.41, 5.74) is 4.08. The standard InChI is InChI=1S/C29H27F2N5O/c1-17-20-5-2-3-6-21(20)24(31)16-35(17)29(37)26-15-28(34-11-4-12-34)36-27(32-26)14-25(33-36)22-10-9-19(13-23(22)30)18-7-8-18/h2-3,5-6,9-10,13-15,17-18,24H,4,7-8,11-12,16H2,1H3. The molecular weight excluding hydrogens is 472 g/mol. The Morgan fingerprint density at radius 3 is 2.51 bits per heavy atom. The Hall–Kier alpha value is -3.81. The van der Waals surface area contributed by atoms with Gasteiger partial charge in [0.1, 0.15) is 23.5 Å². The quantitative estimate of drug-likeness (QED) is 0.354. The van der Waals surface area contributed by atoms with E-state index >= 15 is 8.78 Å². The second-order valence-corrected chi connectivity index (χ2v) is 10.4. The van der Waals surface area contributed by atoms with E-state index in [0.717, 1.165) is 49.3 Å². The van der Waals surface area contributed by atoms with Crippen LogP contribution in [0.15, 0.2) is 54.6 Å². The minimum absolute atomic E-state index is 0.0218. The Bertz CT molecular complexity index is 1540. The molecule has 8 heteroatoms. The van der Waals surface area contributed by atoms with Gasteiger partial charge in [-0.15, -0.1) is 0 Å². The summed E-state index contributed by atoms with van der Waals surface area (Å²) in [6.07, 6.45) is 2.01. The molecule has 3 aliphatic rings. The fraction of sp³-hybridized carbons (Fsp3) is 0.345. The highest BCUT2D eigenvalue weighted by molar-refractivity contribution is 5.94. The number of carbonyl (C=O) groups is 1. The Morgan fingerprint density at radius 1 is 1.03 bits per heavy atom. The van der Waals surface area contributed by atoms with Gasteiger partial charge in [-0.25, -0.2) is 13.8 Å². The van der Waals surface area contributed by atoms with Crippen molar-refractivity contribution in [1.82, 2.24) is 19.5 Å². The van der Waals surface area contributed by atoms with Crippen molar-refractivity contribution < 1.29 is 13.6 Å². The molecule has 1 aliphatic carbocycles. The van der Waals surface area contributed by atoms with Crippen molar-refractivity contribution in [2.45, 2.75) is 44.3 Å². The predicted octanol–water partition coefficient (Wildman–Crippen LogP) is 5.85. The van der Waals surface area contributed by atoms with Crippen LogP contribution in [0.4, 0.5) is 14.6 Å². The van der Waals surface area contributed by atoms with Gasteiger partial charge in [0.15, 0.2) is 5.65 Å². The van der Waals surface area contributed by atoms with Gasteiger partial charge in [0.25, 0.3) is 5.91 Å². The Kier molecular flexibility index (Phi) is 5.06. The maximum absolute atomic E-state index is 15.1. The van der Waals surface area contributed by atoms with Gasteiger partial charge >= 0.3 is 0 Å². The highest BCUT2D eigenvalue weighted by atomic mass is 19.1. The molecule has 1 saturated heterocycles. The van der Waals surface area contributed by atoms with Crippen LogP contribution in [-0.2, 0) is 0 Å². The third-order valence-corrected chi connectivity index (χ3v) is 7.99. The van der Waals surface area contributed by atoms with Crippen LogP contribution in [0.1, 0.15) is 71.5 Å². The minimum Gasteiger partial charge on any atom is -0.356 e. The van der Waals surface area contributed by atoms with Crippen molar-refractivity contribution in [3.63, 3.8) is 0 Å². The Balaban J connectivity index is 1.29. The molecule has 0 radical (unpaired) electrons. The molecule has 4 heterocycles. The first-order valence-corrected chi connectivity index (χ1v) is 13.0. The van der Waals surface area contributed by atoms with E-state index in [1.165, 1.54) is 0 Å². The molecule has 2 aromatic heterocycles. The lowest BCUT2D eigenvalue weighted by Gasteiger charge is -2.37. The van der Waals surface area contributed by atoms with Gasteiger partial charge in [0.2, 0.25) is 0 Å². The molecule has 2 aromatic carbocycles. The van der Waals surface area contributed by atoms with E-state index in [-0.39, 0.29) is 30.0 Å². The molecule has 0 bridgehead atoms. The number of aromatic nitrogens is 3. The van der Waals surface area contributed by atoms with Crippen LogP contribution < -0.4 is 4.90 Å². The number of amides is 1. The molecule has 188 valence electrons. The topological polar surface area (TPSA) is 53.7 Å². The zero-order valence-corrected chi connectivity index (χ0v) is 20.6. The second-order valence-electron chi connectivity index (χ2n) is 10.4. The first-order valence-electron chi connectivity index (χ1n) is 13.0. The smallest absolute Gasteiger partial charge is 0.273 e. The van der Waals surface area contributed by atoms with Gasteiger partial charge in [-0.2, -0.15) is 9.61 Å². The number of fused-ring (bicyclic) bond motifs is 2. The summed E-state index contributed by atoms with van der Waals surface area (Å²) in [7, 11) is 0. The van der Waals surface area contributed by atoms with E-state index in [9.17, 15) is 4.79 Å². The van der Waals surface area contributed by atoms with Gasteiger partial charge in [-0.1, -0.05) is 30.3 Å². The number of rotatable bonds is 4. The van der Waals surface area contributed by atoms with E-state index in [1.807, 2.05) is 31.2 Å². The van der Waals surface area contributed by atoms with E-state index in [0.29, 0.717) is 28.4 Å². The second kappa shape index (κ2) is 8.36. The van der Waals surface area contributed by atoms with Crippen molar-refractivity contribution >= 4 is 17.4 Å². The zero-order valence-electron chi connectivity index (χ0n) is 20.6. The van der Waals surface area contributed by atoms with Gasteiger partial charge < -0.3 is 9.80 Å². The minimum atomic E-state index is -1.25. The summed E-state index contributed by atoms with van der Waals surface area (Å²) in [6.45, 7) is 3.58. The lowest BCUT2D eigenvalue weighted by Crippen LogP contribution is -2.41. The highest BCUT2D eigenvalue weighted by Gasteiger charge is 2.35. The van der Waals surface area contributed by atoms with Crippen molar-refractivity contribution in [1.29, 1.82) is 0 Å². The summed E-state index contributed by atoms with van der Waals surface area (Å²) in [4.78, 5) is 22.0. The molecule has 2 atom stereocenters. The number of nitrogens with zero attached hydrogens (tertiary/aromatic N) is 5. The lowest BCUT2D eigenvalue weighted by molar-refractivity contribution is 0.0585. The molecule has 4 aromatic rings. The third-order valence-electron chi connectivity index (χ3n) is 7.99. The van der Waals surface area contributed by atoms with Crippen LogP contribution in [-0.4, -0.2) is 45.0 Å². The zero-order chi connectivity index (χ0) is 25.3. The number of hydrogen-bond acceptors (Lipinski definition) is 4. The number of carbonyl (C=O) groups excluding carboxylic acids is 1. The van der Waals surface area contributed by atoms with Gasteiger partial charge in [0, 0.05) is 30.8 Å². The molecule has 0 N–H and O–H groups in total. The number of halogens is 2. The molecule has 2 fully saturated rings. The summed E-state index contributed by atoms with van der Waals surface area (Å²) >= 11 is 0. The molecule has 2 unspecified atom stereocenters. The summed E-state index contributed by atoms with van der Waals surface area (Å²) < 4.78 is 31.8. The van der Waals surface area contributed by atoms with Gasteiger partial charge in [-0.3, -0.25) is 4.79 Å². The van der Waals surface area contributed by atoms with Gasteiger partial charge in [-0.05, 0) is 60.9 Å². The van der Waals surface area contributed by atoms with Crippen molar-refractivity contribution in [2.75, 3.05) is 24.5 Å². The summed E-state index contributed by atoms with van der Waals surface area (Å²) in [5, 5.41) is 4.69. The van der Waals surface area contributed by atoms with E-state index < -0.39 is 6.17 Å². The van der Waals surface area contributed by atoms with Crippen molar-refractivity contribution in [3.05, 3.63) is 82.8 Å². The van der Waals surface area contributed by atoms with Crippen LogP contribution in [0.3, 0.4) is 0 Å². The van der Waals surface area contributed by atoms with Crippen LogP contribution in [0, 0.1) is 5.82 Å². The number of benzene rings is 2. The highest BCUT2D eigenvalue weighted by Crippen LogP contribution is 2.41. The summed E-state index contributed by atoms with van der Waals surface area (Å²) in [5.74, 6) is 0.578. The van der Waals surface area contributed by atoms with Crippen molar-refractivity contribution in [3.8, 4) is 11.3 Å². The predicted molar refractivity (Wildman–Crippen MR) is 137 cm³/mol. The molecule has 0 spiro atoms. The fourth-order valence-electron chi connectivity index (χ4n) is 5.56. The largest absolute Gasteiger partial charge is 0.356 e. The number of anilines is 1. The first kappa shape index (κ1) is 22.4. The summed E-state index contributed by atoms with van der Waals surface area (Å²) in [6, 6.07) is 15.9. The molecule has 1 saturated carbocycles. The molecule has 7 rings (SSSR count). The van der Waals surface area contributed by atoms with E-state index in [4.69, 9.17) is 5.10 Å². The lowest BCUT2D eigenvalue weighted by atomic mass is 9.92. The van der Waals surface area contributed by atoms with Crippen molar-refractivity contribution in [2.24, 2.45) is 0 Å². The van der Waals surface area contributed by atoms with E-state index in [1.54, 1.807) is 39.7 Å². The van der Waals surface area contributed by atoms with Crippen LogP contribution in [0.2, 0.25) is 0 Å². The SMILES string of the molecule is CC1c2ccccc2C(F)CN1C(=O)c1cc(N2CCC2)n2nc(-c3ccc(C4CC4)cc3F)cc2n1. The third kappa shape index (κ3) is 3.69. The molecule has 1 amide bonds. The van der Waals surface area contributed by atoms with Crippen LogP contribution in [0.5, 0.6) is 0 Å². The van der Waals surface area contributed by atoms with Crippen LogP contribution >= 0.6 is 0 Å². The molecule has 6 nitrogen and oxygen atoms in total. The maximum atomic E-state index is 15.1. The normalized spacial score (nSPS) is 21.2. The molecule has 37 heavy (non-hydrogen) atoms. The number of alkyl halides is 1. The number of hydrogen-bond donors (Lipinski definition) is 0. The molecule has 2 aliphatic heterocycles. The first-order chi connectivity index (χ1) is 18.0. The Morgan fingerprint density at radius 2 is 1.81 bits per heavy atom. The van der Waals surface area contributed by atoms with E-state index in [2.05, 4.69) is 9.88 Å². The monoisotopic (exact) mass is 499 g/mol. The average Bonchev–Trinajstić information content (AvgIpc) is 3.63.